The summed E-state index contributed by atoms with van der Waals surface area (Å²) in [4.78, 5) is 13.2. The van der Waals surface area contributed by atoms with Gasteiger partial charge in [-0.05, 0) is 98.0 Å². The van der Waals surface area contributed by atoms with Crippen LogP contribution in [0.1, 0.15) is 42.0 Å². The summed E-state index contributed by atoms with van der Waals surface area (Å²) < 4.78 is 56.9. The number of nitrogens with zero attached hydrogens (tertiary/aromatic N) is 1. The summed E-state index contributed by atoms with van der Waals surface area (Å²) in [7, 11) is -7.93. The number of anilines is 3. The van der Waals surface area contributed by atoms with Gasteiger partial charge in [0.15, 0.2) is 0 Å². The molecule has 1 amide bonds. The minimum Gasteiger partial charge on any atom is -0.325 e. The van der Waals surface area contributed by atoms with Crippen LogP contribution < -0.4 is 14.3 Å². The van der Waals surface area contributed by atoms with Crippen LogP contribution in [0.15, 0.2) is 101 Å². The van der Waals surface area contributed by atoms with E-state index in [4.69, 9.17) is 0 Å². The molecule has 0 fully saturated rings. The summed E-state index contributed by atoms with van der Waals surface area (Å²) in [5, 5.41) is 2.69. The van der Waals surface area contributed by atoms with Gasteiger partial charge in [-0.2, -0.15) is 0 Å². The summed E-state index contributed by atoms with van der Waals surface area (Å²) >= 11 is 0. The molecule has 0 saturated heterocycles. The van der Waals surface area contributed by atoms with Crippen molar-refractivity contribution in [1.29, 1.82) is 0 Å². The minimum absolute atomic E-state index is 0.0234. The van der Waals surface area contributed by atoms with Crippen LogP contribution in [0.3, 0.4) is 0 Å². The molecule has 0 bridgehead atoms. The molecule has 0 heterocycles. The molecular weight excluding hydrogens is 571 g/mol. The number of carbonyl (C=O) groups excluding carboxylic acids is 1. The van der Waals surface area contributed by atoms with Gasteiger partial charge < -0.3 is 5.32 Å². The Kier molecular flexibility index (Phi) is 9.08. The van der Waals surface area contributed by atoms with Crippen LogP contribution in [-0.4, -0.2) is 29.3 Å². The van der Waals surface area contributed by atoms with Crippen LogP contribution in [0.5, 0.6) is 0 Å². The van der Waals surface area contributed by atoms with Gasteiger partial charge in [-0.25, -0.2) is 16.8 Å². The summed E-state index contributed by atoms with van der Waals surface area (Å²) in [6, 6.07) is 24.7. The van der Waals surface area contributed by atoms with Crippen LogP contribution in [0.4, 0.5) is 17.1 Å². The maximum Gasteiger partial charge on any atom is 0.264 e. The number of sulfonamides is 2. The minimum atomic E-state index is -4.07. The first-order valence-corrected chi connectivity index (χ1v) is 16.4. The molecule has 0 aliphatic heterocycles. The van der Waals surface area contributed by atoms with Crippen molar-refractivity contribution in [1.82, 2.24) is 0 Å². The van der Waals surface area contributed by atoms with E-state index < -0.39 is 32.5 Å². The van der Waals surface area contributed by atoms with Crippen molar-refractivity contribution < 1.29 is 21.6 Å². The fourth-order valence-corrected chi connectivity index (χ4v) is 6.82. The number of hydrogen-bond donors (Lipinski definition) is 2. The lowest BCUT2D eigenvalue weighted by Gasteiger charge is -2.24. The summed E-state index contributed by atoms with van der Waals surface area (Å²) in [6.07, 6.45) is 0. The molecule has 42 heavy (non-hydrogen) atoms. The smallest absolute Gasteiger partial charge is 0.264 e. The molecular formula is C32H35N3O5S2. The Hall–Kier alpha value is -4.15. The molecule has 0 unspecified atom stereocenters. The van der Waals surface area contributed by atoms with Crippen LogP contribution in [-0.2, 0) is 24.8 Å². The van der Waals surface area contributed by atoms with Crippen LogP contribution in [0.25, 0.3) is 0 Å². The van der Waals surface area contributed by atoms with Gasteiger partial charge in [-0.15, -0.1) is 0 Å². The molecule has 0 saturated carbocycles. The van der Waals surface area contributed by atoms with Gasteiger partial charge in [0.05, 0.1) is 21.2 Å². The molecule has 0 aromatic heterocycles. The van der Waals surface area contributed by atoms with Crippen molar-refractivity contribution in [2.24, 2.45) is 0 Å². The van der Waals surface area contributed by atoms with E-state index in [9.17, 15) is 21.6 Å². The monoisotopic (exact) mass is 605 g/mol. The average molecular weight is 606 g/mol. The normalized spacial score (nSPS) is 11.8. The first-order chi connectivity index (χ1) is 19.8. The first kappa shape index (κ1) is 30.8. The van der Waals surface area contributed by atoms with E-state index in [1.165, 1.54) is 36.4 Å². The zero-order valence-corrected chi connectivity index (χ0v) is 25.9. The highest BCUT2D eigenvalue weighted by Crippen LogP contribution is 2.27. The number of nitrogens with one attached hydrogen (secondary N) is 2. The molecule has 2 N–H and O–H groups in total. The second kappa shape index (κ2) is 12.4. The van der Waals surface area contributed by atoms with E-state index in [-0.39, 0.29) is 15.7 Å². The van der Waals surface area contributed by atoms with E-state index in [1.54, 1.807) is 30.3 Å². The Labute approximate surface area is 248 Å². The highest BCUT2D eigenvalue weighted by Gasteiger charge is 2.27. The van der Waals surface area contributed by atoms with Crippen molar-refractivity contribution in [2.45, 2.75) is 50.3 Å². The lowest BCUT2D eigenvalue weighted by molar-refractivity contribution is -0.114. The van der Waals surface area contributed by atoms with Gasteiger partial charge in [0.2, 0.25) is 5.91 Å². The van der Waals surface area contributed by atoms with Crippen LogP contribution in [0, 0.1) is 20.8 Å². The molecule has 0 atom stereocenters. The highest BCUT2D eigenvalue weighted by atomic mass is 32.2. The number of amides is 1. The first-order valence-electron chi connectivity index (χ1n) is 13.5. The fraction of sp³-hybridized carbons (Fsp3) is 0.219. The van der Waals surface area contributed by atoms with Gasteiger partial charge >= 0.3 is 0 Å². The second-order valence-corrected chi connectivity index (χ2v) is 14.1. The Morgan fingerprint density at radius 2 is 1.31 bits per heavy atom. The van der Waals surface area contributed by atoms with E-state index in [0.29, 0.717) is 17.1 Å². The quantitative estimate of drug-likeness (QED) is 0.218. The molecule has 0 spiro atoms. The molecule has 0 aliphatic rings. The van der Waals surface area contributed by atoms with Crippen molar-refractivity contribution in [3.05, 3.63) is 113 Å². The summed E-state index contributed by atoms with van der Waals surface area (Å²) in [6.45, 7) is 9.16. The maximum atomic E-state index is 13.7. The maximum absolute atomic E-state index is 13.7. The van der Waals surface area contributed by atoms with Gasteiger partial charge in [0.25, 0.3) is 20.0 Å². The highest BCUT2D eigenvalue weighted by molar-refractivity contribution is 7.93. The molecule has 8 nitrogen and oxygen atoms in total. The topological polar surface area (TPSA) is 113 Å². The third-order valence-corrected chi connectivity index (χ3v) is 10.00. The van der Waals surface area contributed by atoms with Gasteiger partial charge in [-0.3, -0.25) is 13.8 Å². The van der Waals surface area contributed by atoms with Gasteiger partial charge in [0, 0.05) is 5.69 Å². The Balaban J connectivity index is 1.55. The Morgan fingerprint density at radius 3 is 1.90 bits per heavy atom. The summed E-state index contributed by atoms with van der Waals surface area (Å²) in [5.74, 6) is -0.324. The number of aryl methyl sites for hydroxylation is 3. The molecule has 10 heteroatoms. The van der Waals surface area contributed by atoms with E-state index in [1.807, 2.05) is 58.9 Å². The number of hydrogen-bond acceptors (Lipinski definition) is 5. The average Bonchev–Trinajstić information content (AvgIpc) is 2.94. The van der Waals surface area contributed by atoms with Crippen LogP contribution in [0.2, 0.25) is 0 Å². The van der Waals surface area contributed by atoms with Gasteiger partial charge in [-0.1, -0.05) is 55.8 Å². The zero-order valence-electron chi connectivity index (χ0n) is 24.2. The van der Waals surface area contributed by atoms with Gasteiger partial charge in [0.1, 0.15) is 6.54 Å². The van der Waals surface area contributed by atoms with E-state index >= 15 is 0 Å². The predicted molar refractivity (Wildman–Crippen MR) is 168 cm³/mol. The Bertz CT molecular complexity index is 1780. The lowest BCUT2D eigenvalue weighted by Crippen LogP contribution is -2.38. The Morgan fingerprint density at radius 1 is 0.738 bits per heavy atom. The summed E-state index contributed by atoms with van der Waals surface area (Å²) in [5.41, 5.74) is 4.83. The molecule has 0 aliphatic carbocycles. The van der Waals surface area contributed by atoms with Crippen molar-refractivity contribution in [3.8, 4) is 0 Å². The molecule has 4 aromatic rings. The lowest BCUT2D eigenvalue weighted by atomic mass is 10.0. The number of benzene rings is 4. The second-order valence-electron chi connectivity index (χ2n) is 10.6. The largest absolute Gasteiger partial charge is 0.325 e. The molecule has 4 aromatic carbocycles. The number of rotatable bonds is 10. The van der Waals surface area contributed by atoms with Crippen molar-refractivity contribution in [2.75, 3.05) is 20.9 Å². The number of carbonyl (C=O) groups is 1. The van der Waals surface area contributed by atoms with E-state index in [0.717, 1.165) is 26.6 Å². The fourth-order valence-electron chi connectivity index (χ4n) is 4.28. The standard InChI is InChI=1S/C32H35N3O5S2/c1-22(2)26-10-14-28(15-11-26)35(42(39,40)30-16-7-23(3)8-17-30)21-32(36)33-27-12-18-29(19-13-27)41(37,38)34-31-20-24(4)6-9-25(31)5/h6-20,22,34H,21H2,1-5H3,(H,33,36). The van der Waals surface area contributed by atoms with Crippen LogP contribution >= 0.6 is 0 Å². The zero-order chi connectivity index (χ0) is 30.7. The third-order valence-electron chi connectivity index (χ3n) is 6.83. The van der Waals surface area contributed by atoms with E-state index in [2.05, 4.69) is 10.0 Å². The molecule has 4 rings (SSSR count). The SMILES string of the molecule is Cc1ccc(S(=O)(=O)N(CC(=O)Nc2ccc(S(=O)(=O)Nc3cc(C)ccc3C)cc2)c2ccc(C(C)C)cc2)cc1. The van der Waals surface area contributed by atoms with Crippen molar-refractivity contribution >= 4 is 43.0 Å². The van der Waals surface area contributed by atoms with Crippen molar-refractivity contribution in [3.63, 3.8) is 0 Å². The molecule has 0 radical (unpaired) electrons. The predicted octanol–water partition coefficient (Wildman–Crippen LogP) is 6.37. The molecule has 220 valence electrons. The third kappa shape index (κ3) is 7.18.